The Morgan fingerprint density at radius 3 is 2.73 bits per heavy atom. The average molecular weight is 331 g/mol. The molecule has 6 N–H and O–H groups in total. The molecular weight excluding hydrogens is 309 g/mol. The molecule has 0 aromatic carbocycles. The van der Waals surface area contributed by atoms with Gasteiger partial charge in [-0.05, 0) is 18.3 Å². The van der Waals surface area contributed by atoms with Crippen LogP contribution >= 0.6 is 7.60 Å². The monoisotopic (exact) mass is 331 g/mol. The van der Waals surface area contributed by atoms with Gasteiger partial charge in [-0.15, -0.1) is 0 Å². The first-order valence-electron chi connectivity index (χ1n) is 7.01. The van der Waals surface area contributed by atoms with E-state index in [-0.39, 0.29) is 23.1 Å². The maximum absolute atomic E-state index is 11.7. The molecule has 1 aromatic heterocycles. The zero-order chi connectivity index (χ0) is 16.5. The Kier molecular flexibility index (Phi) is 4.51. The van der Waals surface area contributed by atoms with E-state index in [1.165, 1.54) is 0 Å². The average Bonchev–Trinajstić information content (AvgIpc) is 2.77. The molecular formula is C12H22N5O4P. The highest BCUT2D eigenvalue weighted by atomic mass is 31.2. The standard InChI is InChI=1S/C12H22N5O4P/c1-12(2,4-6-22(19,20)21)3-5-17-7-14-8-9(17)15-11(13)16-10(8)18/h14H,3-7H2,1-2H3,(H2,19,20,21)(H3,13,15,16,18). The van der Waals surface area contributed by atoms with Gasteiger partial charge in [-0.1, -0.05) is 13.8 Å². The molecule has 0 unspecified atom stereocenters. The highest BCUT2D eigenvalue weighted by Crippen LogP contribution is 2.40. The lowest BCUT2D eigenvalue weighted by atomic mass is 9.86. The van der Waals surface area contributed by atoms with Gasteiger partial charge in [0.05, 0.1) is 12.8 Å². The maximum Gasteiger partial charge on any atom is 0.325 e. The number of aromatic amines is 1. The normalized spacial score (nSPS) is 14.8. The Morgan fingerprint density at radius 2 is 2.09 bits per heavy atom. The molecule has 0 spiro atoms. The van der Waals surface area contributed by atoms with Gasteiger partial charge in [-0.25, -0.2) is 0 Å². The molecule has 0 radical (unpaired) electrons. The molecule has 0 amide bonds. The molecule has 0 fully saturated rings. The van der Waals surface area contributed by atoms with Crippen molar-refractivity contribution in [2.24, 2.45) is 5.41 Å². The van der Waals surface area contributed by atoms with E-state index in [9.17, 15) is 9.36 Å². The Morgan fingerprint density at radius 1 is 1.41 bits per heavy atom. The molecule has 1 aliphatic rings. The van der Waals surface area contributed by atoms with E-state index in [2.05, 4.69) is 15.3 Å². The molecule has 2 heterocycles. The molecule has 0 aliphatic carbocycles. The maximum atomic E-state index is 11.7. The molecule has 0 saturated heterocycles. The van der Waals surface area contributed by atoms with E-state index in [1.54, 1.807) is 0 Å². The number of nitrogens with one attached hydrogen (secondary N) is 2. The number of nitrogen functional groups attached to an aromatic ring is 1. The van der Waals surface area contributed by atoms with Gasteiger partial charge in [0.1, 0.15) is 5.69 Å². The molecule has 124 valence electrons. The van der Waals surface area contributed by atoms with Crippen LogP contribution in [0.2, 0.25) is 0 Å². The van der Waals surface area contributed by atoms with Crippen LogP contribution in [0.1, 0.15) is 26.7 Å². The van der Waals surface area contributed by atoms with E-state index in [0.717, 1.165) is 0 Å². The summed E-state index contributed by atoms with van der Waals surface area (Å²) in [5.41, 5.74) is 5.44. The zero-order valence-electron chi connectivity index (χ0n) is 12.7. The SMILES string of the molecule is CC(C)(CCN1CNc2c1nc(N)[nH]c2=O)CCP(=O)(O)O. The number of rotatable bonds is 6. The lowest BCUT2D eigenvalue weighted by Gasteiger charge is -2.28. The number of fused-ring (bicyclic) bond motifs is 1. The van der Waals surface area contributed by atoms with Crippen LogP contribution in [0.3, 0.4) is 0 Å². The van der Waals surface area contributed by atoms with Gasteiger partial charge in [-0.2, -0.15) is 4.98 Å². The van der Waals surface area contributed by atoms with Gasteiger partial charge < -0.3 is 25.7 Å². The van der Waals surface area contributed by atoms with Crippen LogP contribution in [0.25, 0.3) is 0 Å². The molecule has 22 heavy (non-hydrogen) atoms. The fraction of sp³-hybridized carbons (Fsp3) is 0.667. The summed E-state index contributed by atoms with van der Waals surface area (Å²) in [6.07, 6.45) is 1.01. The van der Waals surface area contributed by atoms with Crippen molar-refractivity contribution in [1.82, 2.24) is 9.97 Å². The third-order valence-electron chi connectivity index (χ3n) is 3.80. The van der Waals surface area contributed by atoms with Gasteiger partial charge in [-0.3, -0.25) is 14.3 Å². The third kappa shape index (κ3) is 4.22. The number of nitrogens with zero attached hydrogens (tertiary/aromatic N) is 2. The summed E-state index contributed by atoms with van der Waals surface area (Å²) in [5, 5.41) is 2.98. The summed E-state index contributed by atoms with van der Waals surface area (Å²) in [4.78, 5) is 38.2. The van der Waals surface area contributed by atoms with Crippen LogP contribution in [-0.2, 0) is 4.57 Å². The highest BCUT2D eigenvalue weighted by molar-refractivity contribution is 7.51. The fourth-order valence-electron chi connectivity index (χ4n) is 2.31. The topological polar surface area (TPSA) is 145 Å². The summed E-state index contributed by atoms with van der Waals surface area (Å²) in [6.45, 7) is 5.01. The zero-order valence-corrected chi connectivity index (χ0v) is 13.6. The van der Waals surface area contributed by atoms with E-state index in [1.807, 2.05) is 18.7 Å². The van der Waals surface area contributed by atoms with Gasteiger partial charge in [0, 0.05) is 6.54 Å². The van der Waals surface area contributed by atoms with Crippen molar-refractivity contribution in [1.29, 1.82) is 0 Å². The molecule has 0 saturated carbocycles. The molecule has 1 aromatic rings. The molecule has 0 atom stereocenters. The second-order valence-corrected chi connectivity index (χ2v) is 8.08. The van der Waals surface area contributed by atoms with E-state index < -0.39 is 7.60 Å². The summed E-state index contributed by atoms with van der Waals surface area (Å²) in [6, 6.07) is 0. The summed E-state index contributed by atoms with van der Waals surface area (Å²) in [7, 11) is -3.98. The van der Waals surface area contributed by atoms with Crippen molar-refractivity contribution in [3.8, 4) is 0 Å². The van der Waals surface area contributed by atoms with E-state index >= 15 is 0 Å². The molecule has 1 aliphatic heterocycles. The van der Waals surface area contributed by atoms with Crippen LogP contribution in [0, 0.1) is 5.41 Å². The second-order valence-electron chi connectivity index (χ2n) is 6.30. The first-order valence-corrected chi connectivity index (χ1v) is 8.80. The van der Waals surface area contributed by atoms with Gasteiger partial charge in [0.25, 0.3) is 5.56 Å². The lowest BCUT2D eigenvalue weighted by Crippen LogP contribution is -2.29. The summed E-state index contributed by atoms with van der Waals surface area (Å²) < 4.78 is 11.0. The van der Waals surface area contributed by atoms with Gasteiger partial charge in [0.2, 0.25) is 5.95 Å². The van der Waals surface area contributed by atoms with Crippen molar-refractivity contribution in [3.05, 3.63) is 10.4 Å². The van der Waals surface area contributed by atoms with Crippen LogP contribution in [-0.4, -0.2) is 39.1 Å². The molecule has 2 rings (SSSR count). The number of hydrogen-bond acceptors (Lipinski definition) is 6. The minimum atomic E-state index is -3.98. The first-order chi connectivity index (χ1) is 10.1. The van der Waals surface area contributed by atoms with Crippen LogP contribution < -0.4 is 21.5 Å². The van der Waals surface area contributed by atoms with Crippen molar-refractivity contribution in [3.63, 3.8) is 0 Å². The largest absolute Gasteiger partial charge is 0.369 e. The Hall–Kier alpha value is -1.57. The molecule has 9 nitrogen and oxygen atoms in total. The third-order valence-corrected chi connectivity index (χ3v) is 4.61. The predicted molar refractivity (Wildman–Crippen MR) is 85.0 cm³/mol. The van der Waals surface area contributed by atoms with E-state index in [0.29, 0.717) is 37.6 Å². The van der Waals surface area contributed by atoms with Crippen molar-refractivity contribution in [2.45, 2.75) is 26.7 Å². The number of hydrogen-bond donors (Lipinski definition) is 5. The quantitative estimate of drug-likeness (QED) is 0.475. The Bertz CT molecular complexity index is 653. The predicted octanol–water partition coefficient (Wildman–Crippen LogP) is 0.526. The summed E-state index contributed by atoms with van der Waals surface area (Å²) >= 11 is 0. The lowest BCUT2D eigenvalue weighted by molar-refractivity contribution is 0.307. The Balaban J connectivity index is 2.00. The highest BCUT2D eigenvalue weighted by Gasteiger charge is 2.27. The minimum absolute atomic E-state index is 0.0678. The van der Waals surface area contributed by atoms with Crippen molar-refractivity contribution in [2.75, 3.05) is 35.3 Å². The smallest absolute Gasteiger partial charge is 0.325 e. The van der Waals surface area contributed by atoms with Crippen LogP contribution in [0.5, 0.6) is 0 Å². The van der Waals surface area contributed by atoms with Gasteiger partial charge in [0.15, 0.2) is 5.82 Å². The number of nitrogens with two attached hydrogens (primary N) is 1. The van der Waals surface area contributed by atoms with Crippen LogP contribution in [0.4, 0.5) is 17.5 Å². The van der Waals surface area contributed by atoms with Crippen molar-refractivity contribution >= 4 is 25.0 Å². The summed E-state index contributed by atoms with van der Waals surface area (Å²) in [5.74, 6) is 0.588. The fourth-order valence-corrected chi connectivity index (χ4v) is 3.21. The molecule has 10 heteroatoms. The number of anilines is 3. The number of H-pyrrole nitrogens is 1. The minimum Gasteiger partial charge on any atom is -0.369 e. The number of aromatic nitrogens is 2. The van der Waals surface area contributed by atoms with Gasteiger partial charge >= 0.3 is 7.60 Å². The first kappa shape index (κ1) is 16.8. The second kappa shape index (κ2) is 5.91. The molecule has 0 bridgehead atoms. The Labute approximate surface area is 128 Å². The van der Waals surface area contributed by atoms with Crippen LogP contribution in [0.15, 0.2) is 4.79 Å². The van der Waals surface area contributed by atoms with E-state index in [4.69, 9.17) is 15.5 Å². The van der Waals surface area contributed by atoms with Crippen molar-refractivity contribution < 1.29 is 14.4 Å².